The number of hydrogen-bond acceptors (Lipinski definition) is 4. The Bertz CT molecular complexity index is 742. The van der Waals surface area contributed by atoms with Crippen molar-refractivity contribution in [3.8, 4) is 5.75 Å². The van der Waals surface area contributed by atoms with Gasteiger partial charge in [-0.05, 0) is 42.3 Å². The maximum atomic E-state index is 12.7. The van der Waals surface area contributed by atoms with Crippen molar-refractivity contribution in [3.63, 3.8) is 0 Å². The minimum absolute atomic E-state index is 0.0293. The number of amides is 1. The number of hydrogen-bond donors (Lipinski definition) is 0. The first-order valence-corrected chi connectivity index (χ1v) is 8.29. The summed E-state index contributed by atoms with van der Waals surface area (Å²) < 4.78 is 16.5. The van der Waals surface area contributed by atoms with Crippen LogP contribution in [0.1, 0.15) is 24.0 Å². The average molecular weight is 339 g/mol. The molecule has 2 aromatic heterocycles. The van der Waals surface area contributed by atoms with E-state index in [-0.39, 0.29) is 12.5 Å². The molecule has 3 aromatic rings. The van der Waals surface area contributed by atoms with Crippen molar-refractivity contribution in [2.45, 2.75) is 26.4 Å². The molecule has 1 amide bonds. The van der Waals surface area contributed by atoms with Crippen LogP contribution < -0.4 is 4.74 Å². The number of carbonyl (C=O) groups is 1. The van der Waals surface area contributed by atoms with E-state index in [4.69, 9.17) is 13.6 Å². The third kappa shape index (κ3) is 4.53. The lowest BCUT2D eigenvalue weighted by Gasteiger charge is -2.21. The number of carbonyl (C=O) groups excluding carboxylic acids is 1. The predicted octanol–water partition coefficient (Wildman–Crippen LogP) is 4.04. The van der Waals surface area contributed by atoms with Crippen molar-refractivity contribution in [3.05, 3.63) is 78.1 Å². The minimum Gasteiger partial charge on any atom is -0.483 e. The van der Waals surface area contributed by atoms with Crippen LogP contribution >= 0.6 is 0 Å². The molecule has 25 heavy (non-hydrogen) atoms. The van der Waals surface area contributed by atoms with Gasteiger partial charge >= 0.3 is 0 Å². The summed E-state index contributed by atoms with van der Waals surface area (Å²) in [5, 5.41) is 0. The molecule has 130 valence electrons. The second-order valence-corrected chi connectivity index (χ2v) is 5.66. The minimum atomic E-state index is -0.126. The first kappa shape index (κ1) is 16.9. The quantitative estimate of drug-likeness (QED) is 0.621. The molecule has 0 aliphatic rings. The lowest BCUT2D eigenvalue weighted by molar-refractivity contribution is -0.135. The van der Waals surface area contributed by atoms with Crippen molar-refractivity contribution < 1.29 is 18.4 Å². The molecule has 0 N–H and O–H groups in total. The predicted molar refractivity (Wildman–Crippen MR) is 93.0 cm³/mol. The lowest BCUT2D eigenvalue weighted by Crippen LogP contribution is -2.34. The van der Waals surface area contributed by atoms with Gasteiger partial charge in [-0.3, -0.25) is 4.79 Å². The monoisotopic (exact) mass is 339 g/mol. The Labute approximate surface area is 146 Å². The fourth-order valence-corrected chi connectivity index (χ4v) is 2.58. The molecule has 0 fully saturated rings. The molecular formula is C20H21NO4. The van der Waals surface area contributed by atoms with Gasteiger partial charge in [-0.1, -0.05) is 25.1 Å². The van der Waals surface area contributed by atoms with Crippen LogP contribution in [-0.2, 0) is 24.3 Å². The largest absolute Gasteiger partial charge is 0.483 e. The summed E-state index contributed by atoms with van der Waals surface area (Å²) in [5.41, 5.74) is 1.08. The molecule has 0 saturated heterocycles. The van der Waals surface area contributed by atoms with Gasteiger partial charge in [0.1, 0.15) is 17.3 Å². The van der Waals surface area contributed by atoms with Crippen LogP contribution in [0, 0.1) is 0 Å². The molecule has 0 unspecified atom stereocenters. The normalized spacial score (nSPS) is 10.6. The van der Waals surface area contributed by atoms with E-state index in [1.165, 1.54) is 0 Å². The highest BCUT2D eigenvalue weighted by atomic mass is 16.5. The Morgan fingerprint density at radius 3 is 2.16 bits per heavy atom. The van der Waals surface area contributed by atoms with Gasteiger partial charge < -0.3 is 18.5 Å². The molecule has 0 aliphatic heterocycles. The first-order valence-electron chi connectivity index (χ1n) is 8.29. The smallest absolute Gasteiger partial charge is 0.261 e. The van der Waals surface area contributed by atoms with Crippen LogP contribution in [0.2, 0.25) is 0 Å². The summed E-state index contributed by atoms with van der Waals surface area (Å²) in [6, 6.07) is 15.1. The van der Waals surface area contributed by atoms with E-state index >= 15 is 0 Å². The van der Waals surface area contributed by atoms with Crippen LogP contribution in [0.4, 0.5) is 0 Å². The highest BCUT2D eigenvalue weighted by Gasteiger charge is 2.18. The maximum Gasteiger partial charge on any atom is 0.261 e. The Morgan fingerprint density at radius 1 is 0.960 bits per heavy atom. The molecule has 5 nitrogen and oxygen atoms in total. The number of para-hydroxylation sites is 1. The summed E-state index contributed by atoms with van der Waals surface area (Å²) in [6.45, 7) is 2.76. The molecule has 1 aromatic carbocycles. The molecule has 0 saturated carbocycles. The summed E-state index contributed by atoms with van der Waals surface area (Å²) in [7, 11) is 0. The van der Waals surface area contributed by atoms with Gasteiger partial charge in [0.25, 0.3) is 5.91 Å². The van der Waals surface area contributed by atoms with Crippen molar-refractivity contribution >= 4 is 5.91 Å². The van der Waals surface area contributed by atoms with Gasteiger partial charge in [-0.15, -0.1) is 0 Å². The van der Waals surface area contributed by atoms with Crippen molar-refractivity contribution in [2.75, 3.05) is 6.61 Å². The number of aryl methyl sites for hydroxylation is 1. The fourth-order valence-electron chi connectivity index (χ4n) is 2.58. The zero-order valence-electron chi connectivity index (χ0n) is 14.2. The van der Waals surface area contributed by atoms with Gasteiger partial charge in [0.2, 0.25) is 0 Å². The zero-order valence-corrected chi connectivity index (χ0v) is 14.2. The van der Waals surface area contributed by atoms with Crippen molar-refractivity contribution in [1.82, 2.24) is 4.90 Å². The van der Waals surface area contributed by atoms with Gasteiger partial charge in [0.15, 0.2) is 6.61 Å². The van der Waals surface area contributed by atoms with Gasteiger partial charge in [-0.25, -0.2) is 0 Å². The third-order valence-electron chi connectivity index (χ3n) is 3.91. The van der Waals surface area contributed by atoms with E-state index in [1.54, 1.807) is 29.6 Å². The molecule has 0 atom stereocenters. The molecule has 0 radical (unpaired) electrons. The number of furan rings is 2. The van der Waals surface area contributed by atoms with Crippen LogP contribution in [0.25, 0.3) is 0 Å². The Hall–Kier alpha value is -2.95. The number of nitrogens with zero attached hydrogens (tertiary/aromatic N) is 1. The highest BCUT2D eigenvalue weighted by molar-refractivity contribution is 5.77. The second kappa shape index (κ2) is 8.24. The van der Waals surface area contributed by atoms with Gasteiger partial charge in [-0.2, -0.15) is 0 Å². The molecular weight excluding hydrogens is 318 g/mol. The Balaban J connectivity index is 1.67. The average Bonchev–Trinajstić information content (AvgIpc) is 3.33. The van der Waals surface area contributed by atoms with Crippen molar-refractivity contribution in [2.24, 2.45) is 0 Å². The van der Waals surface area contributed by atoms with E-state index in [0.717, 1.165) is 17.7 Å². The van der Waals surface area contributed by atoms with E-state index in [2.05, 4.69) is 6.92 Å². The molecule has 0 bridgehead atoms. The Kier molecular flexibility index (Phi) is 5.57. The Morgan fingerprint density at radius 2 is 1.60 bits per heavy atom. The summed E-state index contributed by atoms with van der Waals surface area (Å²) >= 11 is 0. The maximum absolute atomic E-state index is 12.7. The van der Waals surface area contributed by atoms with Gasteiger partial charge in [0, 0.05) is 0 Å². The zero-order chi connectivity index (χ0) is 17.5. The standard InChI is InChI=1S/C20H21NO4/c1-2-16-7-3-4-10-19(16)25-15-20(22)21(13-17-8-5-11-23-17)14-18-9-6-12-24-18/h3-12H,2,13-15H2,1H3. The highest BCUT2D eigenvalue weighted by Crippen LogP contribution is 2.19. The molecule has 3 rings (SSSR count). The SMILES string of the molecule is CCc1ccccc1OCC(=O)N(Cc1ccco1)Cc1ccco1. The second-order valence-electron chi connectivity index (χ2n) is 5.66. The van der Waals surface area contributed by atoms with E-state index in [9.17, 15) is 4.79 Å². The van der Waals surface area contributed by atoms with E-state index < -0.39 is 0 Å². The molecule has 5 heteroatoms. The molecule has 2 heterocycles. The number of benzene rings is 1. The van der Waals surface area contributed by atoms with E-state index in [1.807, 2.05) is 36.4 Å². The van der Waals surface area contributed by atoms with Crippen LogP contribution in [0.15, 0.2) is 69.9 Å². The number of ether oxygens (including phenoxy) is 1. The number of rotatable bonds is 8. The fraction of sp³-hybridized carbons (Fsp3) is 0.250. The molecule has 0 spiro atoms. The van der Waals surface area contributed by atoms with E-state index in [0.29, 0.717) is 24.6 Å². The lowest BCUT2D eigenvalue weighted by atomic mass is 10.1. The summed E-state index contributed by atoms with van der Waals surface area (Å²) in [5.74, 6) is 2.05. The third-order valence-corrected chi connectivity index (χ3v) is 3.91. The molecule has 0 aliphatic carbocycles. The summed E-state index contributed by atoms with van der Waals surface area (Å²) in [6.07, 6.45) is 4.05. The van der Waals surface area contributed by atoms with Crippen LogP contribution in [0.5, 0.6) is 5.75 Å². The van der Waals surface area contributed by atoms with Crippen LogP contribution in [0.3, 0.4) is 0 Å². The van der Waals surface area contributed by atoms with Crippen LogP contribution in [-0.4, -0.2) is 17.4 Å². The first-order chi connectivity index (χ1) is 12.3. The summed E-state index contributed by atoms with van der Waals surface area (Å²) in [4.78, 5) is 14.3. The van der Waals surface area contributed by atoms with Crippen molar-refractivity contribution in [1.29, 1.82) is 0 Å². The topological polar surface area (TPSA) is 55.8 Å². The van der Waals surface area contributed by atoms with Gasteiger partial charge in [0.05, 0.1) is 25.6 Å².